The maximum Gasteiger partial charge on any atom is 0.407 e. The second-order valence-corrected chi connectivity index (χ2v) is 8.83. The quantitative estimate of drug-likeness (QED) is 0.479. The molecular formula is C13H24IN3O4S. The number of carbonyl (C=O) groups excluding carboxylic acids is 1. The summed E-state index contributed by atoms with van der Waals surface area (Å²) in [5, 5.41) is 2.75. The number of nitrogens with zero attached hydrogens (tertiary/aromatic N) is 1. The first kappa shape index (κ1) is 18.2. The van der Waals surface area contributed by atoms with Gasteiger partial charge in [-0.25, -0.2) is 13.2 Å². The van der Waals surface area contributed by atoms with Crippen molar-refractivity contribution in [2.75, 3.05) is 37.7 Å². The maximum absolute atomic E-state index is 11.7. The summed E-state index contributed by atoms with van der Waals surface area (Å²) >= 11 is 2.17. The summed E-state index contributed by atoms with van der Waals surface area (Å²) in [4.78, 5) is 13.8. The van der Waals surface area contributed by atoms with Gasteiger partial charge in [-0.05, 0) is 25.7 Å². The number of rotatable bonds is 5. The minimum Gasteiger partial charge on any atom is -0.446 e. The molecule has 0 aromatic heterocycles. The first-order valence-corrected chi connectivity index (χ1v) is 10.6. The summed E-state index contributed by atoms with van der Waals surface area (Å²) in [6.07, 6.45) is 3.51. The molecular weight excluding hydrogens is 421 g/mol. The molecule has 9 heteroatoms. The van der Waals surface area contributed by atoms with Gasteiger partial charge < -0.3 is 10.1 Å². The van der Waals surface area contributed by atoms with E-state index in [9.17, 15) is 13.2 Å². The van der Waals surface area contributed by atoms with Gasteiger partial charge in [-0.15, -0.1) is 0 Å². The molecule has 0 atom stereocenters. The monoisotopic (exact) mass is 445 g/mol. The molecule has 1 aliphatic heterocycles. The van der Waals surface area contributed by atoms with Crippen LogP contribution in [0.3, 0.4) is 0 Å². The van der Waals surface area contributed by atoms with Crippen LogP contribution in [-0.4, -0.2) is 69.2 Å². The lowest BCUT2D eigenvalue weighted by atomic mass is 9.94. The molecule has 1 saturated carbocycles. The number of amides is 1. The van der Waals surface area contributed by atoms with Crippen molar-refractivity contribution in [3.05, 3.63) is 0 Å². The molecule has 7 nitrogen and oxygen atoms in total. The van der Waals surface area contributed by atoms with Gasteiger partial charge in [0.05, 0.1) is 11.5 Å². The van der Waals surface area contributed by atoms with Crippen LogP contribution in [0.2, 0.25) is 0 Å². The summed E-state index contributed by atoms with van der Waals surface area (Å²) in [5.41, 5.74) is 0. The number of hydrogen-bond donors (Lipinski definition) is 2. The van der Waals surface area contributed by atoms with Crippen LogP contribution in [0.25, 0.3) is 0 Å². The number of ether oxygens (including phenoxy) is 1. The fourth-order valence-corrected chi connectivity index (χ4v) is 4.67. The molecule has 2 fully saturated rings. The second-order valence-electron chi connectivity index (χ2n) is 5.91. The Balaban J connectivity index is 1.57. The molecule has 128 valence electrons. The van der Waals surface area contributed by atoms with Crippen LogP contribution in [0, 0.1) is 0 Å². The number of nitrogens with one attached hydrogen (secondary N) is 2. The fraction of sp³-hybridized carbons (Fsp3) is 0.923. The van der Waals surface area contributed by atoms with Gasteiger partial charge in [0.2, 0.25) is 0 Å². The zero-order valence-corrected chi connectivity index (χ0v) is 15.6. The van der Waals surface area contributed by atoms with Crippen molar-refractivity contribution >= 4 is 38.8 Å². The number of alkyl carbamates (subject to hydrolysis) is 1. The van der Waals surface area contributed by atoms with E-state index in [-0.39, 0.29) is 23.7 Å². The molecule has 0 aromatic rings. The smallest absolute Gasteiger partial charge is 0.407 e. The predicted molar refractivity (Wildman–Crippen MR) is 92.8 cm³/mol. The predicted octanol–water partition coefficient (Wildman–Crippen LogP) is 0.694. The summed E-state index contributed by atoms with van der Waals surface area (Å²) in [6, 6.07) is 0.527. The Morgan fingerprint density at radius 3 is 2.41 bits per heavy atom. The SMILES string of the molecule is O=C(NCCN1CCS(=O)(=O)CC1)OC1CCC(NI)CC1. The Hall–Kier alpha value is -0.130. The van der Waals surface area contributed by atoms with E-state index in [1.54, 1.807) is 0 Å². The summed E-state index contributed by atoms with van der Waals surface area (Å²) < 4.78 is 31.3. The number of carbonyl (C=O) groups is 1. The molecule has 1 aliphatic carbocycles. The molecule has 2 aliphatic rings. The van der Waals surface area contributed by atoms with E-state index in [0.29, 0.717) is 32.2 Å². The van der Waals surface area contributed by atoms with Crippen LogP contribution < -0.4 is 8.85 Å². The van der Waals surface area contributed by atoms with E-state index in [0.717, 1.165) is 25.7 Å². The highest BCUT2D eigenvalue weighted by molar-refractivity contribution is 14.1. The highest BCUT2D eigenvalue weighted by Crippen LogP contribution is 2.21. The highest BCUT2D eigenvalue weighted by atomic mass is 127. The summed E-state index contributed by atoms with van der Waals surface area (Å²) in [5.74, 6) is 0.428. The van der Waals surface area contributed by atoms with E-state index in [1.807, 2.05) is 0 Å². The third kappa shape index (κ3) is 6.17. The van der Waals surface area contributed by atoms with Crippen LogP contribution in [-0.2, 0) is 14.6 Å². The van der Waals surface area contributed by atoms with Crippen molar-refractivity contribution < 1.29 is 17.9 Å². The zero-order valence-electron chi connectivity index (χ0n) is 12.6. The molecule has 0 spiro atoms. The van der Waals surface area contributed by atoms with Gasteiger partial charge in [0.1, 0.15) is 6.10 Å². The number of hydrogen-bond acceptors (Lipinski definition) is 6. The van der Waals surface area contributed by atoms with E-state index in [4.69, 9.17) is 4.74 Å². The van der Waals surface area contributed by atoms with E-state index >= 15 is 0 Å². The van der Waals surface area contributed by atoms with Crippen molar-refractivity contribution in [1.82, 2.24) is 13.7 Å². The van der Waals surface area contributed by atoms with Crippen molar-refractivity contribution in [3.63, 3.8) is 0 Å². The Bertz CT molecular complexity index is 452. The molecule has 0 unspecified atom stereocenters. The largest absolute Gasteiger partial charge is 0.446 e. The Morgan fingerprint density at radius 2 is 1.82 bits per heavy atom. The minimum atomic E-state index is -2.84. The first-order valence-electron chi connectivity index (χ1n) is 7.72. The number of halogens is 1. The lowest BCUT2D eigenvalue weighted by Crippen LogP contribution is -2.44. The molecule has 2 rings (SSSR count). The topological polar surface area (TPSA) is 87.7 Å². The average Bonchev–Trinajstić information content (AvgIpc) is 2.50. The molecule has 22 heavy (non-hydrogen) atoms. The molecule has 1 heterocycles. The van der Waals surface area contributed by atoms with E-state index < -0.39 is 9.84 Å². The van der Waals surface area contributed by atoms with Crippen LogP contribution in [0.15, 0.2) is 0 Å². The van der Waals surface area contributed by atoms with Gasteiger partial charge in [0.25, 0.3) is 0 Å². The fourth-order valence-electron chi connectivity index (χ4n) is 2.77. The summed E-state index contributed by atoms with van der Waals surface area (Å²) in [6.45, 7) is 2.25. The van der Waals surface area contributed by atoms with Gasteiger partial charge in [-0.2, -0.15) is 0 Å². The Morgan fingerprint density at radius 1 is 1.18 bits per heavy atom. The maximum atomic E-state index is 11.7. The van der Waals surface area contributed by atoms with Crippen LogP contribution in [0.4, 0.5) is 4.79 Å². The lowest BCUT2D eigenvalue weighted by Gasteiger charge is -2.28. The van der Waals surface area contributed by atoms with Gasteiger partial charge in [0, 0.05) is 55.1 Å². The van der Waals surface area contributed by atoms with Crippen molar-refractivity contribution in [2.45, 2.75) is 37.8 Å². The first-order chi connectivity index (χ1) is 10.5. The van der Waals surface area contributed by atoms with Crippen molar-refractivity contribution in [1.29, 1.82) is 0 Å². The minimum absolute atomic E-state index is 0.0149. The standard InChI is InChI=1S/C13H24IN3O4S/c14-16-11-1-3-12(4-2-11)21-13(18)15-5-6-17-7-9-22(19,20)10-8-17/h11-12,16H,1-10H2,(H,15,18). The average molecular weight is 445 g/mol. The van der Waals surface area contributed by atoms with Gasteiger partial charge in [-0.1, -0.05) is 0 Å². The van der Waals surface area contributed by atoms with Gasteiger partial charge in [-0.3, -0.25) is 8.43 Å². The molecule has 0 radical (unpaired) electrons. The molecule has 1 saturated heterocycles. The zero-order chi connectivity index (χ0) is 16.0. The Kier molecular flexibility index (Phi) is 7.16. The normalized spacial score (nSPS) is 29.0. The Labute approximate surface area is 145 Å². The van der Waals surface area contributed by atoms with E-state index in [2.05, 4.69) is 36.6 Å². The molecule has 0 aromatic carbocycles. The highest BCUT2D eigenvalue weighted by Gasteiger charge is 2.24. The van der Waals surface area contributed by atoms with Crippen LogP contribution in [0.1, 0.15) is 25.7 Å². The molecule has 2 N–H and O–H groups in total. The summed E-state index contributed by atoms with van der Waals surface area (Å²) in [7, 11) is -2.84. The third-order valence-electron chi connectivity index (χ3n) is 4.24. The van der Waals surface area contributed by atoms with Gasteiger partial charge >= 0.3 is 6.09 Å². The van der Waals surface area contributed by atoms with Crippen LogP contribution in [0.5, 0.6) is 0 Å². The molecule has 1 amide bonds. The third-order valence-corrected chi connectivity index (χ3v) is 6.73. The van der Waals surface area contributed by atoms with Crippen molar-refractivity contribution in [3.8, 4) is 0 Å². The lowest BCUT2D eigenvalue weighted by molar-refractivity contribution is 0.0707. The van der Waals surface area contributed by atoms with Gasteiger partial charge in [0.15, 0.2) is 9.84 Å². The van der Waals surface area contributed by atoms with E-state index in [1.165, 1.54) is 0 Å². The van der Waals surface area contributed by atoms with Crippen LogP contribution >= 0.6 is 22.9 Å². The molecule has 0 bridgehead atoms. The second kappa shape index (κ2) is 8.65. The van der Waals surface area contributed by atoms with Crippen molar-refractivity contribution in [2.24, 2.45) is 0 Å². The number of sulfone groups is 1.